The number of halogens is 3. The number of allylic oxidation sites excluding steroid dienone is 1. The number of para-hydroxylation sites is 1. The van der Waals surface area contributed by atoms with Gasteiger partial charge in [-0.05, 0) is 59.1 Å². The van der Waals surface area contributed by atoms with E-state index in [0.717, 1.165) is 27.3 Å². The highest BCUT2D eigenvalue weighted by Crippen LogP contribution is 2.38. The zero-order chi connectivity index (χ0) is 27.2. The number of fused-ring (bicyclic) bond motifs is 2. The first kappa shape index (κ1) is 25.9. The van der Waals surface area contributed by atoms with Crippen LogP contribution in [-0.2, 0) is 16.6 Å². The summed E-state index contributed by atoms with van der Waals surface area (Å²) in [5.41, 5.74) is 6.02. The van der Waals surface area contributed by atoms with Gasteiger partial charge >= 0.3 is 6.18 Å². The standard InChI is InChI=1S/C30H30F3N3O2/c1-29(2,3)20-11-8-18(9-12-20)16-19-10-13-22-25(21-6-4-5-7-23(21)34-26(19)22)27(37)35-24-14-15-36(28(24)38)17-30(31,32)33/h4-9,11-12,16,24H,10,13-15,17H2,1-3H3,(H,35,37)/b19-16+. The lowest BCUT2D eigenvalue weighted by Gasteiger charge is -2.19. The summed E-state index contributed by atoms with van der Waals surface area (Å²) in [5.74, 6) is -1.16. The van der Waals surface area contributed by atoms with Crippen molar-refractivity contribution in [3.8, 4) is 0 Å². The molecule has 5 rings (SSSR count). The number of amides is 2. The number of carbonyl (C=O) groups is 2. The van der Waals surface area contributed by atoms with E-state index < -0.39 is 30.6 Å². The second-order valence-corrected chi connectivity index (χ2v) is 11.1. The summed E-state index contributed by atoms with van der Waals surface area (Å²) in [6, 6.07) is 14.8. The highest BCUT2D eigenvalue weighted by Gasteiger charge is 2.40. The third-order valence-corrected chi connectivity index (χ3v) is 7.26. The summed E-state index contributed by atoms with van der Waals surface area (Å²) in [7, 11) is 0. The summed E-state index contributed by atoms with van der Waals surface area (Å²) in [4.78, 5) is 31.8. The molecule has 0 radical (unpaired) electrons. The van der Waals surface area contributed by atoms with Crippen LogP contribution < -0.4 is 5.32 Å². The van der Waals surface area contributed by atoms with Gasteiger partial charge in [0.25, 0.3) is 5.91 Å². The maximum atomic E-state index is 13.6. The number of alkyl halides is 3. The first-order valence-corrected chi connectivity index (χ1v) is 12.8. The maximum absolute atomic E-state index is 13.6. The van der Waals surface area contributed by atoms with Crippen molar-refractivity contribution in [2.75, 3.05) is 13.1 Å². The summed E-state index contributed by atoms with van der Waals surface area (Å²) < 4.78 is 38.5. The summed E-state index contributed by atoms with van der Waals surface area (Å²) in [6.07, 6.45) is -0.923. The zero-order valence-electron chi connectivity index (χ0n) is 21.7. The largest absolute Gasteiger partial charge is 0.406 e. The van der Waals surface area contributed by atoms with Crippen LogP contribution in [0.2, 0.25) is 0 Å². The third-order valence-electron chi connectivity index (χ3n) is 7.26. The molecule has 3 aromatic rings. The zero-order valence-corrected chi connectivity index (χ0v) is 21.7. The number of nitrogens with one attached hydrogen (secondary N) is 1. The van der Waals surface area contributed by atoms with Crippen LogP contribution in [0.1, 0.15) is 66.4 Å². The second kappa shape index (κ2) is 9.57. The predicted molar refractivity (Wildman–Crippen MR) is 142 cm³/mol. The molecule has 0 spiro atoms. The quantitative estimate of drug-likeness (QED) is 0.464. The minimum absolute atomic E-state index is 0.0423. The van der Waals surface area contributed by atoms with Gasteiger partial charge in [-0.1, -0.05) is 63.2 Å². The van der Waals surface area contributed by atoms with Crippen LogP contribution in [-0.4, -0.2) is 47.0 Å². The lowest BCUT2D eigenvalue weighted by molar-refractivity contribution is -0.157. The smallest absolute Gasteiger partial charge is 0.340 e. The Morgan fingerprint density at radius 3 is 2.47 bits per heavy atom. The molecular weight excluding hydrogens is 491 g/mol. The van der Waals surface area contributed by atoms with E-state index in [-0.39, 0.29) is 18.4 Å². The Morgan fingerprint density at radius 1 is 1.08 bits per heavy atom. The molecule has 1 aliphatic carbocycles. The number of aromatic nitrogens is 1. The average molecular weight is 522 g/mol. The second-order valence-electron chi connectivity index (χ2n) is 11.1. The fraction of sp³-hybridized carbons (Fsp3) is 0.367. The average Bonchev–Trinajstić information content (AvgIpc) is 3.39. The van der Waals surface area contributed by atoms with Crippen molar-refractivity contribution in [2.45, 2.75) is 57.7 Å². The summed E-state index contributed by atoms with van der Waals surface area (Å²) >= 11 is 0. The number of pyridine rings is 1. The fourth-order valence-corrected chi connectivity index (χ4v) is 5.30. The number of hydrogen-bond donors (Lipinski definition) is 1. The molecule has 2 amide bonds. The number of nitrogens with zero attached hydrogens (tertiary/aromatic N) is 2. The summed E-state index contributed by atoms with van der Waals surface area (Å²) in [5, 5.41) is 3.39. The molecule has 38 heavy (non-hydrogen) atoms. The molecular formula is C30H30F3N3O2. The predicted octanol–water partition coefficient (Wildman–Crippen LogP) is 5.91. The van der Waals surface area contributed by atoms with Crippen molar-refractivity contribution in [3.63, 3.8) is 0 Å². The van der Waals surface area contributed by atoms with Crippen LogP contribution in [0.3, 0.4) is 0 Å². The Bertz CT molecular complexity index is 1440. The first-order chi connectivity index (χ1) is 17.9. The van der Waals surface area contributed by atoms with Gasteiger partial charge in [0.1, 0.15) is 12.6 Å². The van der Waals surface area contributed by atoms with E-state index in [1.54, 1.807) is 0 Å². The first-order valence-electron chi connectivity index (χ1n) is 12.8. The number of hydrogen-bond acceptors (Lipinski definition) is 3. The van der Waals surface area contributed by atoms with Crippen molar-refractivity contribution in [1.29, 1.82) is 0 Å². The molecule has 1 N–H and O–H groups in total. The molecule has 2 aromatic carbocycles. The van der Waals surface area contributed by atoms with Gasteiger partial charge in [0, 0.05) is 11.9 Å². The molecule has 8 heteroatoms. The van der Waals surface area contributed by atoms with E-state index in [2.05, 4.69) is 56.4 Å². The SMILES string of the molecule is CC(C)(C)c1ccc(/C=C2\CCc3c2nc2ccccc2c3C(=O)NC2CCN(CC(F)(F)F)C2=O)cc1. The molecule has 0 saturated carbocycles. The van der Waals surface area contributed by atoms with Gasteiger partial charge in [-0.15, -0.1) is 0 Å². The van der Waals surface area contributed by atoms with Crippen LogP contribution in [0.15, 0.2) is 48.5 Å². The van der Waals surface area contributed by atoms with Gasteiger partial charge < -0.3 is 10.2 Å². The van der Waals surface area contributed by atoms with Gasteiger partial charge in [-0.25, -0.2) is 4.98 Å². The molecule has 198 valence electrons. The minimum Gasteiger partial charge on any atom is -0.340 e. The molecule has 5 nitrogen and oxygen atoms in total. The lowest BCUT2D eigenvalue weighted by Crippen LogP contribution is -2.44. The maximum Gasteiger partial charge on any atom is 0.406 e. The molecule has 0 bridgehead atoms. The van der Waals surface area contributed by atoms with Crippen molar-refractivity contribution in [1.82, 2.24) is 15.2 Å². The molecule has 1 fully saturated rings. The van der Waals surface area contributed by atoms with Crippen LogP contribution in [0.25, 0.3) is 22.6 Å². The molecule has 1 saturated heterocycles. The van der Waals surface area contributed by atoms with Crippen LogP contribution >= 0.6 is 0 Å². The van der Waals surface area contributed by atoms with Crippen LogP contribution in [0, 0.1) is 0 Å². The normalized spacial score (nSPS) is 18.9. The Hall–Kier alpha value is -3.68. The summed E-state index contributed by atoms with van der Waals surface area (Å²) in [6.45, 7) is 5.16. The number of rotatable bonds is 4. The number of carbonyl (C=O) groups excluding carboxylic acids is 2. The fourth-order valence-electron chi connectivity index (χ4n) is 5.30. The van der Waals surface area contributed by atoms with E-state index in [0.29, 0.717) is 29.3 Å². The Balaban J connectivity index is 1.47. The van der Waals surface area contributed by atoms with Crippen molar-refractivity contribution < 1.29 is 22.8 Å². The van der Waals surface area contributed by atoms with Gasteiger partial charge in [0.15, 0.2) is 0 Å². The Kier molecular flexibility index (Phi) is 6.53. The minimum atomic E-state index is -4.48. The van der Waals surface area contributed by atoms with Crippen molar-refractivity contribution >= 4 is 34.4 Å². The van der Waals surface area contributed by atoms with E-state index in [9.17, 15) is 22.8 Å². The molecule has 1 aromatic heterocycles. The molecule has 1 atom stereocenters. The van der Waals surface area contributed by atoms with E-state index in [1.165, 1.54) is 5.56 Å². The van der Waals surface area contributed by atoms with Gasteiger partial charge in [0.2, 0.25) is 5.91 Å². The Labute approximate surface area is 219 Å². The lowest BCUT2D eigenvalue weighted by atomic mass is 9.86. The molecule has 2 aliphatic rings. The number of likely N-dealkylation sites (tertiary alicyclic amines) is 1. The van der Waals surface area contributed by atoms with Gasteiger partial charge in [-0.2, -0.15) is 13.2 Å². The highest BCUT2D eigenvalue weighted by molar-refractivity contribution is 6.10. The van der Waals surface area contributed by atoms with Gasteiger partial charge in [0.05, 0.1) is 16.8 Å². The monoisotopic (exact) mass is 521 g/mol. The van der Waals surface area contributed by atoms with E-state index in [4.69, 9.17) is 4.98 Å². The van der Waals surface area contributed by atoms with Crippen LogP contribution in [0.4, 0.5) is 13.2 Å². The third kappa shape index (κ3) is 5.17. The number of benzene rings is 2. The van der Waals surface area contributed by atoms with Gasteiger partial charge in [-0.3, -0.25) is 9.59 Å². The van der Waals surface area contributed by atoms with Crippen LogP contribution in [0.5, 0.6) is 0 Å². The molecule has 1 aliphatic heterocycles. The topological polar surface area (TPSA) is 62.3 Å². The van der Waals surface area contributed by atoms with Crippen molar-refractivity contribution in [3.05, 3.63) is 76.5 Å². The Morgan fingerprint density at radius 2 is 1.79 bits per heavy atom. The van der Waals surface area contributed by atoms with E-state index in [1.807, 2.05) is 24.3 Å². The van der Waals surface area contributed by atoms with Crippen molar-refractivity contribution in [2.24, 2.45) is 0 Å². The molecule has 1 unspecified atom stereocenters. The molecule has 2 heterocycles. The highest BCUT2D eigenvalue weighted by atomic mass is 19.4. The van der Waals surface area contributed by atoms with E-state index >= 15 is 0 Å².